The molecule has 0 fully saturated rings. The molecule has 0 saturated heterocycles. The molecule has 1 aromatic rings. The number of hydrogen-bond donors (Lipinski definition) is 2. The molecule has 0 aliphatic carbocycles. The van der Waals surface area contributed by atoms with Gasteiger partial charge in [-0.15, -0.1) is 0 Å². The predicted octanol–water partition coefficient (Wildman–Crippen LogP) is 1.44. The van der Waals surface area contributed by atoms with Crippen molar-refractivity contribution in [2.45, 2.75) is 13.0 Å². The van der Waals surface area contributed by atoms with Gasteiger partial charge in [-0.25, -0.2) is 0 Å². The summed E-state index contributed by atoms with van der Waals surface area (Å²) in [4.78, 5) is 11.1. The van der Waals surface area contributed by atoms with Gasteiger partial charge in [-0.05, 0) is 33.1 Å². The highest BCUT2D eigenvalue weighted by atomic mass is 79.9. The van der Waals surface area contributed by atoms with Crippen molar-refractivity contribution in [1.82, 2.24) is 0 Å². The molecule has 1 aromatic carbocycles. The van der Waals surface area contributed by atoms with E-state index in [2.05, 4.69) is 21.2 Å². The summed E-state index contributed by atoms with van der Waals surface area (Å²) < 4.78 is 0.833. The fourth-order valence-electron chi connectivity index (χ4n) is 1.45. The minimum Gasteiger partial charge on any atom is -0.392 e. The van der Waals surface area contributed by atoms with Gasteiger partial charge < -0.3 is 10.4 Å². The van der Waals surface area contributed by atoms with Crippen molar-refractivity contribution < 1.29 is 9.90 Å². The predicted molar refractivity (Wildman–Crippen MR) is 52.4 cm³/mol. The fourth-order valence-corrected chi connectivity index (χ4v) is 2.10. The van der Waals surface area contributed by atoms with Crippen LogP contribution in [0, 0.1) is 0 Å². The van der Waals surface area contributed by atoms with E-state index < -0.39 is 0 Å². The van der Waals surface area contributed by atoms with Crippen LogP contribution in [0.15, 0.2) is 16.6 Å². The third-order valence-electron chi connectivity index (χ3n) is 2.03. The van der Waals surface area contributed by atoms with Gasteiger partial charge >= 0.3 is 0 Å². The van der Waals surface area contributed by atoms with Gasteiger partial charge in [-0.1, -0.05) is 6.07 Å². The highest BCUT2D eigenvalue weighted by Crippen LogP contribution is 2.32. The topological polar surface area (TPSA) is 49.3 Å². The molecule has 2 rings (SSSR count). The molecule has 1 heterocycles. The molecule has 0 aromatic heterocycles. The average molecular weight is 242 g/mol. The zero-order chi connectivity index (χ0) is 9.42. The fraction of sp³-hybridized carbons (Fsp3) is 0.222. The Hall–Kier alpha value is -0.870. The van der Waals surface area contributed by atoms with Crippen molar-refractivity contribution in [3.63, 3.8) is 0 Å². The van der Waals surface area contributed by atoms with Gasteiger partial charge in [0.2, 0.25) is 5.91 Å². The van der Waals surface area contributed by atoms with Crippen molar-refractivity contribution in [1.29, 1.82) is 0 Å². The molecular formula is C9H8BrNO2. The number of nitrogens with one attached hydrogen (secondary N) is 1. The van der Waals surface area contributed by atoms with E-state index in [1.807, 2.05) is 12.1 Å². The molecule has 0 atom stereocenters. The molecule has 1 amide bonds. The van der Waals surface area contributed by atoms with Gasteiger partial charge in [0.25, 0.3) is 0 Å². The molecule has 2 N–H and O–H groups in total. The van der Waals surface area contributed by atoms with Crippen LogP contribution in [0.3, 0.4) is 0 Å². The van der Waals surface area contributed by atoms with Crippen LogP contribution in [0.2, 0.25) is 0 Å². The summed E-state index contributed by atoms with van der Waals surface area (Å²) in [5.41, 5.74) is 2.60. The minimum atomic E-state index is 0.0000699. The molecule has 13 heavy (non-hydrogen) atoms. The van der Waals surface area contributed by atoms with E-state index in [-0.39, 0.29) is 12.5 Å². The lowest BCUT2D eigenvalue weighted by molar-refractivity contribution is -0.115. The number of carbonyl (C=O) groups is 1. The van der Waals surface area contributed by atoms with Crippen LogP contribution in [0.25, 0.3) is 0 Å². The number of anilines is 1. The maximum Gasteiger partial charge on any atom is 0.228 e. The van der Waals surface area contributed by atoms with Crippen LogP contribution in [0.1, 0.15) is 11.1 Å². The molecule has 0 bridgehead atoms. The van der Waals surface area contributed by atoms with E-state index in [1.54, 1.807) is 0 Å². The highest BCUT2D eigenvalue weighted by molar-refractivity contribution is 9.10. The van der Waals surface area contributed by atoms with Crippen molar-refractivity contribution in [2.75, 3.05) is 5.32 Å². The molecule has 0 saturated carbocycles. The third-order valence-corrected chi connectivity index (χ3v) is 2.66. The van der Waals surface area contributed by atoms with Gasteiger partial charge in [0.15, 0.2) is 0 Å². The lowest BCUT2D eigenvalue weighted by atomic mass is 10.1. The lowest BCUT2D eigenvalue weighted by Gasteiger charge is -2.04. The Kier molecular flexibility index (Phi) is 2.09. The van der Waals surface area contributed by atoms with Crippen molar-refractivity contribution in [3.8, 4) is 0 Å². The summed E-state index contributed by atoms with van der Waals surface area (Å²) in [6, 6.07) is 3.66. The number of amides is 1. The van der Waals surface area contributed by atoms with E-state index in [1.165, 1.54) is 0 Å². The minimum absolute atomic E-state index is 0.0000699. The first-order chi connectivity index (χ1) is 6.20. The third kappa shape index (κ3) is 1.47. The van der Waals surface area contributed by atoms with Crippen LogP contribution < -0.4 is 5.32 Å². The maximum absolute atomic E-state index is 11.1. The molecule has 0 spiro atoms. The number of hydrogen-bond acceptors (Lipinski definition) is 2. The summed E-state index contributed by atoms with van der Waals surface area (Å²) in [6.07, 6.45) is 0.405. The first-order valence-electron chi connectivity index (χ1n) is 3.92. The first-order valence-corrected chi connectivity index (χ1v) is 4.72. The molecule has 3 nitrogen and oxygen atoms in total. The Labute approximate surface area is 83.9 Å². The quantitative estimate of drug-likeness (QED) is 0.782. The monoisotopic (exact) mass is 241 g/mol. The zero-order valence-corrected chi connectivity index (χ0v) is 8.39. The van der Waals surface area contributed by atoms with Gasteiger partial charge in [-0.3, -0.25) is 4.79 Å². The number of rotatable bonds is 1. The number of aliphatic hydroxyl groups is 1. The molecule has 0 radical (unpaired) electrons. The van der Waals surface area contributed by atoms with Crippen molar-refractivity contribution in [3.05, 3.63) is 27.7 Å². The molecule has 68 valence electrons. The summed E-state index contributed by atoms with van der Waals surface area (Å²) in [6.45, 7) is 0.0000699. The lowest BCUT2D eigenvalue weighted by Crippen LogP contribution is -2.03. The summed E-state index contributed by atoms with van der Waals surface area (Å²) >= 11 is 3.34. The summed E-state index contributed by atoms with van der Waals surface area (Å²) in [7, 11) is 0. The SMILES string of the molecule is O=C1Cc2cc(CO)cc(Br)c2N1. The second-order valence-corrected chi connectivity index (χ2v) is 3.85. The standard InChI is InChI=1S/C9H8BrNO2/c10-7-2-5(4-12)1-6-3-8(13)11-9(6)7/h1-2,12H,3-4H2,(H,11,13). The van der Waals surface area contributed by atoms with Crippen LogP contribution in [0.4, 0.5) is 5.69 Å². The van der Waals surface area contributed by atoms with Gasteiger partial charge in [0, 0.05) is 4.47 Å². The second kappa shape index (κ2) is 3.12. The smallest absolute Gasteiger partial charge is 0.228 e. The van der Waals surface area contributed by atoms with Crippen LogP contribution in [0.5, 0.6) is 0 Å². The molecule has 1 aliphatic heterocycles. The maximum atomic E-state index is 11.1. The van der Waals surface area contributed by atoms with E-state index in [0.717, 1.165) is 21.3 Å². The average Bonchev–Trinajstić information content (AvgIpc) is 2.46. The molecule has 0 unspecified atom stereocenters. The Balaban J connectivity index is 2.52. The van der Waals surface area contributed by atoms with Gasteiger partial charge in [-0.2, -0.15) is 0 Å². The van der Waals surface area contributed by atoms with Crippen LogP contribution >= 0.6 is 15.9 Å². The van der Waals surface area contributed by atoms with E-state index in [4.69, 9.17) is 5.11 Å². The number of benzene rings is 1. The Bertz CT molecular complexity index is 376. The molecule has 1 aliphatic rings. The number of aliphatic hydroxyl groups excluding tert-OH is 1. The van der Waals surface area contributed by atoms with Crippen molar-refractivity contribution >= 4 is 27.5 Å². The zero-order valence-electron chi connectivity index (χ0n) is 6.80. The molecule has 4 heteroatoms. The summed E-state index contributed by atoms with van der Waals surface area (Å²) in [5.74, 6) is 0.00536. The number of fused-ring (bicyclic) bond motifs is 1. The Morgan fingerprint density at radius 1 is 1.54 bits per heavy atom. The first kappa shape index (κ1) is 8.72. The number of halogens is 1. The van der Waals surface area contributed by atoms with Gasteiger partial charge in [0.1, 0.15) is 0 Å². The largest absolute Gasteiger partial charge is 0.392 e. The second-order valence-electron chi connectivity index (χ2n) is 2.99. The van der Waals surface area contributed by atoms with Crippen molar-refractivity contribution in [2.24, 2.45) is 0 Å². The number of carbonyl (C=O) groups excluding carboxylic acids is 1. The van der Waals surface area contributed by atoms with Crippen LogP contribution in [-0.2, 0) is 17.8 Å². The van der Waals surface area contributed by atoms with E-state index in [9.17, 15) is 4.79 Å². The molecular weight excluding hydrogens is 234 g/mol. The summed E-state index contributed by atoms with van der Waals surface area (Å²) in [5, 5.41) is 11.7. The van der Waals surface area contributed by atoms with E-state index >= 15 is 0 Å². The van der Waals surface area contributed by atoms with E-state index in [0.29, 0.717) is 6.42 Å². The normalized spacial score (nSPS) is 14.2. The Morgan fingerprint density at radius 3 is 3.00 bits per heavy atom. The van der Waals surface area contributed by atoms with Gasteiger partial charge in [0.05, 0.1) is 18.7 Å². The highest BCUT2D eigenvalue weighted by Gasteiger charge is 2.20. The van der Waals surface area contributed by atoms with Crippen LogP contribution in [-0.4, -0.2) is 11.0 Å². The Morgan fingerprint density at radius 2 is 2.31 bits per heavy atom.